The van der Waals surface area contributed by atoms with E-state index >= 15 is 0 Å². The first-order valence-corrected chi connectivity index (χ1v) is 13.5. The SMILES string of the molecule is CCCCCCOCCOCCOCCOCCOCCO[Si](C)(C)C. The third-order valence-electron chi connectivity index (χ3n) is 3.39. The van der Waals surface area contributed by atoms with Gasteiger partial charge in [-0.1, -0.05) is 26.2 Å². The predicted octanol–water partition coefficient (Wildman–Crippen LogP) is 3.50. The van der Waals surface area contributed by atoms with E-state index in [9.17, 15) is 0 Å². The van der Waals surface area contributed by atoms with Gasteiger partial charge in [0.1, 0.15) is 0 Å². The van der Waals surface area contributed by atoms with Crippen LogP contribution < -0.4 is 0 Å². The fraction of sp³-hybridized carbons (Fsp3) is 1.00. The molecule has 0 bridgehead atoms. The molecule has 0 spiro atoms. The smallest absolute Gasteiger partial charge is 0.183 e. The number of unbranched alkanes of at least 4 members (excludes halogenated alkanes) is 3. The van der Waals surface area contributed by atoms with Gasteiger partial charge >= 0.3 is 0 Å². The van der Waals surface area contributed by atoms with Crippen LogP contribution in [0.15, 0.2) is 0 Å². The second kappa shape index (κ2) is 19.7. The van der Waals surface area contributed by atoms with Gasteiger partial charge in [-0.15, -0.1) is 0 Å². The van der Waals surface area contributed by atoms with Crippen LogP contribution in [-0.4, -0.2) is 81.0 Å². The summed E-state index contributed by atoms with van der Waals surface area (Å²) < 4.78 is 33.0. The molecule has 0 aromatic heterocycles. The van der Waals surface area contributed by atoms with Crippen molar-refractivity contribution in [2.75, 3.05) is 72.7 Å². The zero-order valence-corrected chi connectivity index (χ0v) is 18.6. The normalized spacial score (nSPS) is 12.0. The first-order valence-electron chi connectivity index (χ1n) is 10.1. The minimum atomic E-state index is -1.42. The van der Waals surface area contributed by atoms with Crippen LogP contribution in [0.2, 0.25) is 19.6 Å². The number of hydrogen-bond donors (Lipinski definition) is 0. The summed E-state index contributed by atoms with van der Waals surface area (Å²) in [7, 11) is -1.42. The molecular weight excluding hydrogens is 352 g/mol. The molecule has 0 heterocycles. The Morgan fingerprint density at radius 2 is 0.846 bits per heavy atom. The van der Waals surface area contributed by atoms with Crippen LogP contribution in [0.5, 0.6) is 0 Å². The van der Waals surface area contributed by atoms with Gasteiger partial charge in [0.15, 0.2) is 8.32 Å². The second-order valence-corrected chi connectivity index (χ2v) is 11.6. The van der Waals surface area contributed by atoms with Crippen LogP contribution in [0.3, 0.4) is 0 Å². The molecule has 0 aliphatic rings. The first kappa shape index (κ1) is 26.0. The lowest BCUT2D eigenvalue weighted by Gasteiger charge is -2.16. The molecule has 7 heteroatoms. The highest BCUT2D eigenvalue weighted by molar-refractivity contribution is 6.69. The molecule has 0 rings (SSSR count). The molecule has 0 saturated carbocycles. The molecule has 0 aromatic carbocycles. The Balaban J connectivity index is 3.01. The highest BCUT2D eigenvalue weighted by Crippen LogP contribution is 2.01. The van der Waals surface area contributed by atoms with Crippen LogP contribution in [0.1, 0.15) is 32.6 Å². The van der Waals surface area contributed by atoms with Crippen molar-refractivity contribution in [1.29, 1.82) is 0 Å². The average molecular weight is 395 g/mol. The molecule has 0 fully saturated rings. The number of hydrogen-bond acceptors (Lipinski definition) is 6. The van der Waals surface area contributed by atoms with Gasteiger partial charge in [-0.2, -0.15) is 0 Å². The van der Waals surface area contributed by atoms with E-state index in [2.05, 4.69) is 26.6 Å². The van der Waals surface area contributed by atoms with Gasteiger partial charge < -0.3 is 28.1 Å². The lowest BCUT2D eigenvalue weighted by molar-refractivity contribution is -0.0130. The summed E-state index contributed by atoms with van der Waals surface area (Å²) in [5, 5.41) is 0. The van der Waals surface area contributed by atoms with Crippen molar-refractivity contribution in [2.24, 2.45) is 0 Å². The van der Waals surface area contributed by atoms with E-state index in [4.69, 9.17) is 28.1 Å². The van der Waals surface area contributed by atoms with Crippen molar-refractivity contribution in [2.45, 2.75) is 52.2 Å². The summed E-state index contributed by atoms with van der Waals surface area (Å²) in [4.78, 5) is 0. The third-order valence-corrected chi connectivity index (χ3v) is 4.46. The molecule has 0 aliphatic heterocycles. The van der Waals surface area contributed by atoms with Crippen molar-refractivity contribution in [3.05, 3.63) is 0 Å². The van der Waals surface area contributed by atoms with Gasteiger partial charge in [0.2, 0.25) is 0 Å². The highest BCUT2D eigenvalue weighted by atomic mass is 28.4. The fourth-order valence-electron chi connectivity index (χ4n) is 2.02. The van der Waals surface area contributed by atoms with Crippen molar-refractivity contribution in [3.8, 4) is 0 Å². The second-order valence-electron chi connectivity index (χ2n) is 7.08. The zero-order valence-electron chi connectivity index (χ0n) is 17.6. The quantitative estimate of drug-likeness (QED) is 0.219. The molecule has 0 amide bonds. The van der Waals surface area contributed by atoms with Gasteiger partial charge in [-0.3, -0.25) is 0 Å². The van der Waals surface area contributed by atoms with E-state index in [1.54, 1.807) is 0 Å². The highest BCUT2D eigenvalue weighted by Gasteiger charge is 2.12. The van der Waals surface area contributed by atoms with Crippen LogP contribution >= 0.6 is 0 Å². The van der Waals surface area contributed by atoms with E-state index in [0.717, 1.165) is 13.0 Å². The maximum atomic E-state index is 5.70. The summed E-state index contributed by atoms with van der Waals surface area (Å²) in [6.45, 7) is 15.7. The van der Waals surface area contributed by atoms with Crippen molar-refractivity contribution in [3.63, 3.8) is 0 Å². The van der Waals surface area contributed by atoms with Gasteiger partial charge in [0.05, 0.1) is 66.1 Å². The maximum Gasteiger partial charge on any atom is 0.183 e. The first-order chi connectivity index (χ1) is 12.6. The van der Waals surface area contributed by atoms with Gasteiger partial charge in [0.25, 0.3) is 0 Å². The lowest BCUT2D eigenvalue weighted by atomic mass is 10.2. The largest absolute Gasteiger partial charge is 0.415 e. The summed E-state index contributed by atoms with van der Waals surface area (Å²) >= 11 is 0. The molecule has 6 nitrogen and oxygen atoms in total. The Hall–Kier alpha value is -0.0231. The zero-order chi connectivity index (χ0) is 19.3. The molecule has 0 N–H and O–H groups in total. The maximum absolute atomic E-state index is 5.70. The van der Waals surface area contributed by atoms with Crippen LogP contribution in [0.25, 0.3) is 0 Å². The minimum Gasteiger partial charge on any atom is -0.415 e. The number of rotatable bonds is 21. The van der Waals surface area contributed by atoms with Crippen LogP contribution in [0, 0.1) is 0 Å². The summed E-state index contributed by atoms with van der Waals surface area (Å²) in [6, 6.07) is 0. The lowest BCUT2D eigenvalue weighted by Crippen LogP contribution is -2.27. The Morgan fingerprint density at radius 3 is 1.23 bits per heavy atom. The molecule has 0 aliphatic carbocycles. The Morgan fingerprint density at radius 1 is 0.462 bits per heavy atom. The standard InChI is InChI=1S/C19H42O6Si/c1-5-6-7-8-9-20-10-11-21-12-13-22-14-15-23-16-17-24-18-19-25-26(2,3)4/h5-19H2,1-4H3. The van der Waals surface area contributed by atoms with E-state index in [1.807, 2.05) is 0 Å². The molecule has 158 valence electrons. The van der Waals surface area contributed by atoms with Crippen molar-refractivity contribution in [1.82, 2.24) is 0 Å². The molecule has 0 unspecified atom stereocenters. The van der Waals surface area contributed by atoms with E-state index in [1.165, 1.54) is 19.3 Å². The Labute approximate surface area is 161 Å². The monoisotopic (exact) mass is 394 g/mol. The van der Waals surface area contributed by atoms with Crippen molar-refractivity contribution < 1.29 is 28.1 Å². The van der Waals surface area contributed by atoms with Crippen LogP contribution in [-0.2, 0) is 28.1 Å². The third kappa shape index (κ3) is 24.0. The Bertz CT molecular complexity index is 273. The van der Waals surface area contributed by atoms with E-state index in [-0.39, 0.29) is 0 Å². The van der Waals surface area contributed by atoms with Gasteiger partial charge in [0, 0.05) is 6.61 Å². The summed E-state index contributed by atoms with van der Waals surface area (Å²) in [5.74, 6) is 0. The van der Waals surface area contributed by atoms with E-state index in [0.29, 0.717) is 66.1 Å². The average Bonchev–Trinajstić information content (AvgIpc) is 2.59. The molecule has 0 saturated heterocycles. The summed E-state index contributed by atoms with van der Waals surface area (Å²) in [5.41, 5.74) is 0. The molecule has 26 heavy (non-hydrogen) atoms. The predicted molar refractivity (Wildman–Crippen MR) is 108 cm³/mol. The van der Waals surface area contributed by atoms with Crippen LogP contribution in [0.4, 0.5) is 0 Å². The van der Waals surface area contributed by atoms with E-state index < -0.39 is 8.32 Å². The number of ether oxygens (including phenoxy) is 5. The topological polar surface area (TPSA) is 55.4 Å². The molecule has 0 aromatic rings. The van der Waals surface area contributed by atoms with Crippen molar-refractivity contribution >= 4 is 8.32 Å². The molecule has 0 atom stereocenters. The fourth-order valence-corrected chi connectivity index (χ4v) is 2.72. The summed E-state index contributed by atoms with van der Waals surface area (Å²) in [6.07, 6.45) is 4.96. The molecule has 0 radical (unpaired) electrons. The van der Waals surface area contributed by atoms with Gasteiger partial charge in [-0.05, 0) is 26.1 Å². The molecular formula is C19H42O6Si. The van der Waals surface area contributed by atoms with Gasteiger partial charge in [-0.25, -0.2) is 0 Å². The Kier molecular flexibility index (Phi) is 19.7. The minimum absolute atomic E-state index is 0.579.